The summed E-state index contributed by atoms with van der Waals surface area (Å²) in [5, 5.41) is 22.7. The number of aryl methyl sites for hydroxylation is 2. The summed E-state index contributed by atoms with van der Waals surface area (Å²) in [6.45, 7) is 4.16. The van der Waals surface area contributed by atoms with E-state index in [1.165, 1.54) is 6.20 Å². The van der Waals surface area contributed by atoms with Crippen molar-refractivity contribution in [3.05, 3.63) is 22.1 Å². The SMILES string of the molecule is CCCC(O)CNC(=O)CCn1cc([N+](=O)[O-])nc1C. The molecule has 1 heterocycles. The third kappa shape index (κ3) is 4.96. The molecule has 2 N–H and O–H groups in total. The topological polar surface area (TPSA) is 110 Å². The number of imidazole rings is 1. The molecule has 1 amide bonds. The summed E-state index contributed by atoms with van der Waals surface area (Å²) in [7, 11) is 0. The van der Waals surface area contributed by atoms with Crippen molar-refractivity contribution >= 4 is 11.7 Å². The van der Waals surface area contributed by atoms with E-state index in [-0.39, 0.29) is 24.7 Å². The minimum absolute atomic E-state index is 0.188. The smallest absolute Gasteiger partial charge is 0.381 e. The van der Waals surface area contributed by atoms with Crippen molar-refractivity contribution in [2.45, 2.75) is 45.8 Å². The molecular weight excluding hydrogens is 264 g/mol. The zero-order valence-electron chi connectivity index (χ0n) is 11.7. The van der Waals surface area contributed by atoms with Gasteiger partial charge in [-0.2, -0.15) is 0 Å². The van der Waals surface area contributed by atoms with E-state index >= 15 is 0 Å². The van der Waals surface area contributed by atoms with Crippen LogP contribution in [0, 0.1) is 17.0 Å². The molecule has 0 radical (unpaired) electrons. The number of hydrogen-bond acceptors (Lipinski definition) is 5. The van der Waals surface area contributed by atoms with Gasteiger partial charge in [0.1, 0.15) is 6.20 Å². The largest absolute Gasteiger partial charge is 0.391 e. The van der Waals surface area contributed by atoms with Crippen molar-refractivity contribution in [3.8, 4) is 0 Å². The van der Waals surface area contributed by atoms with E-state index in [0.717, 1.165) is 6.42 Å². The molecule has 8 nitrogen and oxygen atoms in total. The highest BCUT2D eigenvalue weighted by atomic mass is 16.6. The summed E-state index contributed by atoms with van der Waals surface area (Å²) in [4.78, 5) is 25.4. The summed E-state index contributed by atoms with van der Waals surface area (Å²) in [6, 6.07) is 0. The van der Waals surface area contributed by atoms with Crippen molar-refractivity contribution in [1.82, 2.24) is 14.9 Å². The van der Waals surface area contributed by atoms with Crippen molar-refractivity contribution in [2.24, 2.45) is 0 Å². The lowest BCUT2D eigenvalue weighted by Gasteiger charge is -2.10. The first-order chi connectivity index (χ1) is 9.43. The molecule has 0 saturated carbocycles. The fraction of sp³-hybridized carbons (Fsp3) is 0.667. The maximum Gasteiger partial charge on any atom is 0.381 e. The van der Waals surface area contributed by atoms with Crippen molar-refractivity contribution in [3.63, 3.8) is 0 Å². The fourth-order valence-corrected chi connectivity index (χ4v) is 1.78. The Balaban J connectivity index is 2.39. The summed E-state index contributed by atoms with van der Waals surface area (Å²) in [5.41, 5.74) is 0. The fourth-order valence-electron chi connectivity index (χ4n) is 1.78. The Bertz CT molecular complexity index is 472. The van der Waals surface area contributed by atoms with E-state index in [0.29, 0.717) is 18.8 Å². The number of aliphatic hydroxyl groups excluding tert-OH is 1. The number of carbonyl (C=O) groups excluding carboxylic acids is 1. The monoisotopic (exact) mass is 284 g/mol. The van der Waals surface area contributed by atoms with Crippen LogP contribution in [0.25, 0.3) is 0 Å². The van der Waals surface area contributed by atoms with E-state index in [2.05, 4.69) is 10.3 Å². The van der Waals surface area contributed by atoms with Gasteiger partial charge in [0.2, 0.25) is 11.7 Å². The quantitative estimate of drug-likeness (QED) is 0.541. The Kier molecular flexibility index (Phi) is 6.10. The van der Waals surface area contributed by atoms with Crippen LogP contribution in [0.4, 0.5) is 5.82 Å². The number of hydrogen-bond donors (Lipinski definition) is 2. The summed E-state index contributed by atoms with van der Waals surface area (Å²) < 4.78 is 1.57. The van der Waals surface area contributed by atoms with Crippen LogP contribution in [-0.4, -0.2) is 38.1 Å². The second kappa shape index (κ2) is 7.59. The second-order valence-electron chi connectivity index (χ2n) is 4.59. The van der Waals surface area contributed by atoms with Crippen LogP contribution in [0.1, 0.15) is 32.0 Å². The predicted molar refractivity (Wildman–Crippen MR) is 72.2 cm³/mol. The molecule has 1 aromatic rings. The zero-order chi connectivity index (χ0) is 15.1. The van der Waals surface area contributed by atoms with Crippen molar-refractivity contribution in [1.29, 1.82) is 0 Å². The van der Waals surface area contributed by atoms with Crippen LogP contribution in [-0.2, 0) is 11.3 Å². The van der Waals surface area contributed by atoms with E-state index < -0.39 is 11.0 Å². The minimum Gasteiger partial charge on any atom is -0.391 e. The van der Waals surface area contributed by atoms with Crippen LogP contribution in [0.3, 0.4) is 0 Å². The lowest BCUT2D eigenvalue weighted by molar-refractivity contribution is -0.389. The van der Waals surface area contributed by atoms with Crippen LogP contribution >= 0.6 is 0 Å². The van der Waals surface area contributed by atoms with Gasteiger partial charge < -0.3 is 25.1 Å². The number of amides is 1. The van der Waals surface area contributed by atoms with Crippen LogP contribution in [0.5, 0.6) is 0 Å². The van der Waals surface area contributed by atoms with Crippen LogP contribution < -0.4 is 5.32 Å². The van der Waals surface area contributed by atoms with Gasteiger partial charge in [-0.15, -0.1) is 0 Å². The molecule has 0 saturated heterocycles. The molecule has 0 bridgehead atoms. The van der Waals surface area contributed by atoms with E-state index in [1.807, 2.05) is 6.92 Å². The molecular formula is C12H20N4O4. The zero-order valence-corrected chi connectivity index (χ0v) is 11.7. The molecule has 112 valence electrons. The number of nitrogens with zero attached hydrogens (tertiary/aromatic N) is 3. The van der Waals surface area contributed by atoms with Crippen LogP contribution in [0.15, 0.2) is 6.20 Å². The van der Waals surface area contributed by atoms with Gasteiger partial charge in [-0.05, 0) is 16.3 Å². The molecule has 1 atom stereocenters. The summed E-state index contributed by atoms with van der Waals surface area (Å²) >= 11 is 0. The maximum absolute atomic E-state index is 11.6. The molecule has 0 aliphatic rings. The average molecular weight is 284 g/mol. The number of aliphatic hydroxyl groups is 1. The first-order valence-corrected chi connectivity index (χ1v) is 6.57. The Morgan fingerprint density at radius 3 is 2.90 bits per heavy atom. The van der Waals surface area contributed by atoms with Crippen LogP contribution in [0.2, 0.25) is 0 Å². The lowest BCUT2D eigenvalue weighted by atomic mass is 10.2. The van der Waals surface area contributed by atoms with E-state index in [1.54, 1.807) is 11.5 Å². The third-order valence-corrected chi connectivity index (χ3v) is 2.89. The molecule has 0 aliphatic heterocycles. The Morgan fingerprint density at radius 2 is 2.35 bits per heavy atom. The molecule has 1 aromatic heterocycles. The lowest BCUT2D eigenvalue weighted by Crippen LogP contribution is -2.32. The normalized spacial score (nSPS) is 12.2. The number of aromatic nitrogens is 2. The average Bonchev–Trinajstić information content (AvgIpc) is 2.76. The molecule has 0 fully saturated rings. The van der Waals surface area contributed by atoms with Gasteiger partial charge in [0.15, 0.2) is 0 Å². The highest BCUT2D eigenvalue weighted by Crippen LogP contribution is 2.10. The van der Waals surface area contributed by atoms with Gasteiger partial charge in [0, 0.05) is 26.4 Å². The maximum atomic E-state index is 11.6. The Hall–Kier alpha value is -1.96. The minimum atomic E-state index is -0.565. The third-order valence-electron chi connectivity index (χ3n) is 2.89. The standard InChI is InChI=1S/C12H20N4O4/c1-3-4-10(17)7-13-12(18)5-6-15-8-11(16(19)20)14-9(15)2/h8,10,17H,3-7H2,1-2H3,(H,13,18). The second-order valence-corrected chi connectivity index (χ2v) is 4.59. The van der Waals surface area contributed by atoms with Gasteiger partial charge in [-0.25, -0.2) is 0 Å². The summed E-state index contributed by atoms with van der Waals surface area (Å²) in [6.07, 6.45) is 2.48. The van der Waals surface area contributed by atoms with Crippen molar-refractivity contribution in [2.75, 3.05) is 6.54 Å². The Labute approximate surface area is 117 Å². The van der Waals surface area contributed by atoms with E-state index in [4.69, 9.17) is 0 Å². The van der Waals surface area contributed by atoms with Gasteiger partial charge >= 0.3 is 5.82 Å². The van der Waals surface area contributed by atoms with Crippen molar-refractivity contribution < 1.29 is 14.8 Å². The highest BCUT2D eigenvalue weighted by molar-refractivity contribution is 5.75. The van der Waals surface area contributed by atoms with E-state index in [9.17, 15) is 20.0 Å². The molecule has 20 heavy (non-hydrogen) atoms. The first kappa shape index (κ1) is 16.1. The van der Waals surface area contributed by atoms with Gasteiger partial charge in [0.05, 0.1) is 6.10 Å². The first-order valence-electron chi connectivity index (χ1n) is 6.57. The number of nitrogens with one attached hydrogen (secondary N) is 1. The highest BCUT2D eigenvalue weighted by Gasteiger charge is 2.15. The Morgan fingerprint density at radius 1 is 1.65 bits per heavy atom. The molecule has 0 aromatic carbocycles. The van der Waals surface area contributed by atoms with Gasteiger partial charge in [-0.1, -0.05) is 13.3 Å². The molecule has 0 aliphatic carbocycles. The molecule has 0 spiro atoms. The molecule has 1 unspecified atom stereocenters. The summed E-state index contributed by atoms with van der Waals surface area (Å²) in [5.74, 6) is 0.0766. The number of nitro groups is 1. The predicted octanol–water partition coefficient (Wildman–Crippen LogP) is 0.767. The number of carbonyl (C=O) groups is 1. The van der Waals surface area contributed by atoms with Gasteiger partial charge in [0.25, 0.3) is 0 Å². The number of rotatable bonds is 8. The van der Waals surface area contributed by atoms with Gasteiger partial charge in [-0.3, -0.25) is 4.79 Å². The molecule has 1 rings (SSSR count). The molecule has 8 heteroatoms.